The molecule has 1 N–H and O–H groups in total. The Kier molecular flexibility index (Phi) is 4.15. The number of halogens is 1. The molecule has 0 atom stereocenters. The molecule has 0 spiro atoms. The van der Waals surface area contributed by atoms with E-state index < -0.39 is 0 Å². The minimum atomic E-state index is 0.662. The van der Waals surface area contributed by atoms with Gasteiger partial charge in [0.2, 0.25) is 0 Å². The Balaban J connectivity index is 1.91. The molecule has 7 heteroatoms. The van der Waals surface area contributed by atoms with E-state index in [1.54, 1.807) is 20.5 Å². The lowest BCUT2D eigenvalue weighted by atomic mass is 10.2. The minimum absolute atomic E-state index is 0.662. The molecule has 126 valence electrons. The van der Waals surface area contributed by atoms with E-state index in [2.05, 4.69) is 15.0 Å². The van der Waals surface area contributed by atoms with Gasteiger partial charge in [-0.1, -0.05) is 35.5 Å². The number of nitrogens with one attached hydrogen (secondary N) is 1. The van der Waals surface area contributed by atoms with Gasteiger partial charge in [0.15, 0.2) is 11.5 Å². The molecular formula is C18H14ClN3O2S. The zero-order chi connectivity index (χ0) is 17.4. The maximum absolute atomic E-state index is 6.28. The molecule has 4 aromatic rings. The quantitative estimate of drug-likeness (QED) is 0.515. The van der Waals surface area contributed by atoms with Crippen LogP contribution in [0.4, 0.5) is 0 Å². The highest BCUT2D eigenvalue weighted by molar-refractivity contribution is 7.99. The third-order valence-electron chi connectivity index (χ3n) is 3.89. The van der Waals surface area contributed by atoms with Crippen molar-refractivity contribution in [3.63, 3.8) is 0 Å². The number of benzene rings is 2. The predicted molar refractivity (Wildman–Crippen MR) is 100 cm³/mol. The molecule has 0 saturated carbocycles. The van der Waals surface area contributed by atoms with Crippen LogP contribution in [0.3, 0.4) is 0 Å². The fourth-order valence-electron chi connectivity index (χ4n) is 2.71. The van der Waals surface area contributed by atoms with Crippen LogP contribution >= 0.6 is 23.4 Å². The zero-order valence-corrected chi connectivity index (χ0v) is 15.1. The average molecular weight is 372 g/mol. The lowest BCUT2D eigenvalue weighted by Crippen LogP contribution is -1.89. The number of methoxy groups -OCH3 is 2. The number of hydrogen-bond acceptors (Lipinski definition) is 5. The van der Waals surface area contributed by atoms with E-state index in [4.69, 9.17) is 21.1 Å². The first kappa shape index (κ1) is 16.1. The van der Waals surface area contributed by atoms with Gasteiger partial charge in [0, 0.05) is 16.3 Å². The van der Waals surface area contributed by atoms with Crippen LogP contribution in [-0.4, -0.2) is 29.2 Å². The normalized spacial score (nSPS) is 11.2. The Labute approximate surface area is 153 Å². The van der Waals surface area contributed by atoms with E-state index in [-0.39, 0.29) is 0 Å². The lowest BCUT2D eigenvalue weighted by molar-refractivity contribution is 0.356. The molecule has 0 saturated heterocycles. The summed E-state index contributed by atoms with van der Waals surface area (Å²) in [5.41, 5.74) is 2.60. The van der Waals surface area contributed by atoms with Crippen molar-refractivity contribution in [3.8, 4) is 11.5 Å². The largest absolute Gasteiger partial charge is 0.493 e. The monoisotopic (exact) mass is 371 g/mol. The number of ether oxygens (including phenoxy) is 2. The third-order valence-corrected chi connectivity index (χ3v) is 5.41. The summed E-state index contributed by atoms with van der Waals surface area (Å²) in [6, 6.07) is 11.5. The molecule has 0 unspecified atom stereocenters. The summed E-state index contributed by atoms with van der Waals surface area (Å²) in [5, 5.41) is 2.46. The number of H-pyrrole nitrogens is 1. The first-order chi connectivity index (χ1) is 12.2. The molecule has 0 aliphatic heterocycles. The van der Waals surface area contributed by atoms with E-state index in [9.17, 15) is 0 Å². The number of aromatic nitrogens is 3. The van der Waals surface area contributed by atoms with Crippen LogP contribution < -0.4 is 9.47 Å². The van der Waals surface area contributed by atoms with Crippen molar-refractivity contribution < 1.29 is 9.47 Å². The molecule has 0 radical (unpaired) electrons. The van der Waals surface area contributed by atoms with E-state index in [1.807, 2.05) is 36.4 Å². The molecule has 0 fully saturated rings. The minimum Gasteiger partial charge on any atom is -0.493 e. The highest BCUT2D eigenvalue weighted by Crippen LogP contribution is 2.39. The Morgan fingerprint density at radius 2 is 1.80 bits per heavy atom. The van der Waals surface area contributed by atoms with Crippen LogP contribution in [0.2, 0.25) is 5.02 Å². The Morgan fingerprint density at radius 3 is 2.56 bits per heavy atom. The lowest BCUT2D eigenvalue weighted by Gasteiger charge is -2.06. The van der Waals surface area contributed by atoms with Crippen molar-refractivity contribution in [3.05, 3.63) is 47.7 Å². The first-order valence-corrected chi connectivity index (χ1v) is 8.71. The summed E-state index contributed by atoms with van der Waals surface area (Å²) in [4.78, 5) is 13.2. The Hall–Kier alpha value is -2.44. The van der Waals surface area contributed by atoms with Crippen molar-refractivity contribution in [2.45, 2.75) is 9.92 Å². The summed E-state index contributed by atoms with van der Waals surface area (Å²) in [7, 11) is 3.23. The number of hydrogen-bond donors (Lipinski definition) is 1. The van der Waals surface area contributed by atoms with Crippen LogP contribution in [0.25, 0.3) is 21.9 Å². The van der Waals surface area contributed by atoms with Crippen LogP contribution in [0.5, 0.6) is 11.5 Å². The standard InChI is InChI=1S/C18H14ClN3O2S/c1-23-13-7-10-12(8-14(13)24-2)22-17-16(10)20-9-21-18(17)25-15-6-4-3-5-11(15)19/h3-9,22H,1-2H3. The zero-order valence-electron chi connectivity index (χ0n) is 13.5. The van der Waals surface area contributed by atoms with Gasteiger partial charge in [0.1, 0.15) is 16.9 Å². The van der Waals surface area contributed by atoms with Gasteiger partial charge in [0.05, 0.1) is 30.3 Å². The third kappa shape index (κ3) is 2.77. The molecule has 5 nitrogen and oxygen atoms in total. The molecule has 25 heavy (non-hydrogen) atoms. The molecule has 4 rings (SSSR count). The van der Waals surface area contributed by atoms with Crippen molar-refractivity contribution in [2.24, 2.45) is 0 Å². The molecule has 2 heterocycles. The summed E-state index contributed by atoms with van der Waals surface area (Å²) in [6.07, 6.45) is 1.56. The van der Waals surface area contributed by atoms with Crippen LogP contribution in [-0.2, 0) is 0 Å². The Morgan fingerprint density at radius 1 is 1.04 bits per heavy atom. The number of aromatic amines is 1. The first-order valence-electron chi connectivity index (χ1n) is 7.52. The molecule has 0 amide bonds. The van der Waals surface area contributed by atoms with Crippen LogP contribution in [0.1, 0.15) is 0 Å². The van der Waals surface area contributed by atoms with Crippen molar-refractivity contribution in [2.75, 3.05) is 14.2 Å². The fraction of sp³-hybridized carbons (Fsp3) is 0.111. The molecule has 0 bridgehead atoms. The number of nitrogens with zero attached hydrogens (tertiary/aromatic N) is 2. The smallest absolute Gasteiger partial charge is 0.162 e. The maximum atomic E-state index is 6.28. The highest BCUT2D eigenvalue weighted by atomic mass is 35.5. The predicted octanol–water partition coefficient (Wildman–Crippen LogP) is 4.93. The second-order valence-electron chi connectivity index (χ2n) is 5.31. The summed E-state index contributed by atoms with van der Waals surface area (Å²) in [5.74, 6) is 1.32. The van der Waals surface area contributed by atoms with Gasteiger partial charge in [-0.2, -0.15) is 0 Å². The highest BCUT2D eigenvalue weighted by Gasteiger charge is 2.15. The van der Waals surface area contributed by atoms with Crippen molar-refractivity contribution in [1.82, 2.24) is 15.0 Å². The van der Waals surface area contributed by atoms with Crippen molar-refractivity contribution >= 4 is 45.3 Å². The van der Waals surface area contributed by atoms with Gasteiger partial charge in [0.25, 0.3) is 0 Å². The van der Waals surface area contributed by atoms with E-state index in [1.165, 1.54) is 11.8 Å². The van der Waals surface area contributed by atoms with Gasteiger partial charge < -0.3 is 14.5 Å². The maximum Gasteiger partial charge on any atom is 0.162 e. The molecule has 0 aliphatic rings. The molecule has 2 aromatic heterocycles. The number of fused-ring (bicyclic) bond motifs is 3. The number of rotatable bonds is 4. The van der Waals surface area contributed by atoms with E-state index >= 15 is 0 Å². The van der Waals surface area contributed by atoms with Crippen LogP contribution in [0.15, 0.2) is 52.6 Å². The molecule has 2 aromatic carbocycles. The second kappa shape index (κ2) is 6.46. The van der Waals surface area contributed by atoms with Crippen LogP contribution in [0, 0.1) is 0 Å². The second-order valence-corrected chi connectivity index (χ2v) is 6.75. The van der Waals surface area contributed by atoms with E-state index in [0.29, 0.717) is 16.5 Å². The molecular weight excluding hydrogens is 358 g/mol. The Bertz CT molecular complexity index is 1080. The van der Waals surface area contributed by atoms with Gasteiger partial charge in [-0.25, -0.2) is 9.97 Å². The van der Waals surface area contributed by atoms with Crippen molar-refractivity contribution in [1.29, 1.82) is 0 Å². The van der Waals surface area contributed by atoms with Gasteiger partial charge >= 0.3 is 0 Å². The SMILES string of the molecule is COc1cc2[nH]c3c(Sc4ccccc4Cl)ncnc3c2cc1OC. The molecule has 0 aliphatic carbocycles. The van der Waals surface area contributed by atoms with Gasteiger partial charge in [-0.3, -0.25) is 0 Å². The topological polar surface area (TPSA) is 60.0 Å². The summed E-state index contributed by atoms with van der Waals surface area (Å²) >= 11 is 7.78. The summed E-state index contributed by atoms with van der Waals surface area (Å²) in [6.45, 7) is 0. The van der Waals surface area contributed by atoms with Gasteiger partial charge in [-0.15, -0.1) is 0 Å². The summed E-state index contributed by atoms with van der Waals surface area (Å²) < 4.78 is 10.8. The average Bonchev–Trinajstić information content (AvgIpc) is 3.01. The van der Waals surface area contributed by atoms with E-state index in [0.717, 1.165) is 31.9 Å². The fourth-order valence-corrected chi connectivity index (χ4v) is 3.83. The van der Waals surface area contributed by atoms with Gasteiger partial charge in [-0.05, 0) is 18.2 Å².